The molecule has 2 aliphatic heterocycles. The van der Waals surface area contributed by atoms with Crippen molar-refractivity contribution in [2.24, 2.45) is 11.8 Å². The van der Waals surface area contributed by atoms with Gasteiger partial charge in [0, 0.05) is 43.2 Å². The van der Waals surface area contributed by atoms with Crippen molar-refractivity contribution in [2.75, 3.05) is 13.2 Å². The lowest BCUT2D eigenvalue weighted by molar-refractivity contribution is -0.181. The molecule has 2 aliphatic carbocycles. The fourth-order valence-corrected chi connectivity index (χ4v) is 8.00. The molecule has 4 aromatic heterocycles. The number of amides is 1. The average molecular weight is 925 g/mol. The Morgan fingerprint density at radius 3 is 1.61 bits per heavy atom. The van der Waals surface area contributed by atoms with Crippen molar-refractivity contribution < 1.29 is 50.5 Å². The molecular formula is C44H55ClF6N8O5. The molecule has 0 saturated heterocycles. The minimum atomic E-state index is -4.38. The predicted octanol–water partition coefficient (Wildman–Crippen LogP) is 8.46. The molecule has 20 heteroatoms. The van der Waals surface area contributed by atoms with Gasteiger partial charge in [-0.3, -0.25) is 19.6 Å². The maximum absolute atomic E-state index is 13.4. The summed E-state index contributed by atoms with van der Waals surface area (Å²) in [6, 6.07) is 5.89. The fraction of sp³-hybridized carbons (Fsp3) is 0.591. The van der Waals surface area contributed by atoms with Gasteiger partial charge in [0.2, 0.25) is 17.7 Å². The Morgan fingerprint density at radius 2 is 1.17 bits per heavy atom. The second-order valence-electron chi connectivity index (χ2n) is 17.8. The van der Waals surface area contributed by atoms with Crippen LogP contribution < -0.4 is 19.6 Å². The normalized spacial score (nSPS) is 19.3. The highest BCUT2D eigenvalue weighted by Crippen LogP contribution is 2.42. The molecule has 8 rings (SSSR count). The number of fused-ring (bicyclic) bond motifs is 4. The number of carboxylic acid groups (broad SMARTS) is 1. The Bertz CT molecular complexity index is 2290. The highest BCUT2D eigenvalue weighted by molar-refractivity contribution is 6.13. The van der Waals surface area contributed by atoms with Gasteiger partial charge in [0.05, 0.1) is 66.1 Å². The summed E-state index contributed by atoms with van der Waals surface area (Å²) in [7, 11) is 0. The number of alkyl halides is 6. The first kappa shape index (κ1) is 48.5. The Labute approximate surface area is 372 Å². The number of carboxylic acids is 1. The Morgan fingerprint density at radius 1 is 0.734 bits per heavy atom. The quantitative estimate of drug-likeness (QED) is 0.116. The van der Waals surface area contributed by atoms with Crippen LogP contribution in [-0.4, -0.2) is 72.1 Å². The van der Waals surface area contributed by atoms with Gasteiger partial charge in [0.15, 0.2) is 0 Å². The van der Waals surface area contributed by atoms with Gasteiger partial charge in [-0.2, -0.15) is 36.5 Å². The molecule has 4 atom stereocenters. The zero-order valence-electron chi connectivity index (χ0n) is 36.7. The molecule has 350 valence electrons. The third-order valence-corrected chi connectivity index (χ3v) is 12.9. The largest absolute Gasteiger partial charge is 0.481 e. The van der Waals surface area contributed by atoms with Gasteiger partial charge in [-0.1, -0.05) is 12.1 Å². The molecular weight excluding hydrogens is 870 g/mol. The maximum atomic E-state index is 13.4. The van der Waals surface area contributed by atoms with E-state index in [-0.39, 0.29) is 35.3 Å². The monoisotopic (exact) mass is 924 g/mol. The van der Waals surface area contributed by atoms with Gasteiger partial charge in [-0.05, 0) is 115 Å². The van der Waals surface area contributed by atoms with Crippen LogP contribution in [0.4, 0.5) is 26.3 Å². The van der Waals surface area contributed by atoms with Crippen molar-refractivity contribution in [1.29, 1.82) is 0 Å². The number of nitrogens with one attached hydrogen (secondary N) is 2. The van der Waals surface area contributed by atoms with Crippen LogP contribution in [0, 0.1) is 11.8 Å². The van der Waals surface area contributed by atoms with Gasteiger partial charge < -0.3 is 19.9 Å². The number of aryl methyl sites for hydroxylation is 4. The highest BCUT2D eigenvalue weighted by atomic mass is 35.5. The first-order chi connectivity index (χ1) is 30.0. The molecule has 0 saturated carbocycles. The SMILES string of the molecule is CC(C)(c1ccc2c(n1)CC[C@@H](C(=O)O)C2)C(F)(F)F.C[C@@H](NC(=O)[C@@H]1CCc2nc(C(C)(C)C(F)(F)F)ccc2C1)c1cnn2c1OCCC2.C[C@@H](NCl)c1cnn2c1OCCC2. The number of carbonyl (C=O) groups is 2. The molecule has 64 heavy (non-hydrogen) atoms. The first-order valence-corrected chi connectivity index (χ1v) is 21.8. The van der Waals surface area contributed by atoms with Gasteiger partial charge in [0.1, 0.15) is 10.8 Å². The van der Waals surface area contributed by atoms with Crippen LogP contribution in [0.15, 0.2) is 36.7 Å². The van der Waals surface area contributed by atoms with E-state index in [0.717, 1.165) is 88.4 Å². The zero-order chi connectivity index (χ0) is 46.8. The summed E-state index contributed by atoms with van der Waals surface area (Å²) in [5.74, 6) is -0.0933. The van der Waals surface area contributed by atoms with E-state index in [0.29, 0.717) is 62.4 Å². The van der Waals surface area contributed by atoms with Crippen molar-refractivity contribution in [1.82, 2.24) is 39.7 Å². The number of ether oxygens (including phenoxy) is 2. The molecule has 6 heterocycles. The number of nitrogens with zero attached hydrogens (tertiary/aromatic N) is 6. The van der Waals surface area contributed by atoms with Gasteiger partial charge in [-0.15, -0.1) is 0 Å². The number of pyridine rings is 2. The number of halogens is 7. The Balaban J connectivity index is 0.000000176. The molecule has 1 amide bonds. The summed E-state index contributed by atoms with van der Waals surface area (Å²) in [5, 5.41) is 20.6. The Kier molecular flexibility index (Phi) is 14.6. The standard InChI is InChI=1S/C22H27F3N4O2.C14H16F3NO2.C8H12ClN3O/c1-13(16-12-26-29-9-4-10-31-20(16)29)27-19(30)15-5-7-17-14(11-15)6-8-18(28-17)21(2,3)22(23,24)25;1-13(2,14(15,16)17)11-6-4-8-7-9(12(19)20)3-5-10(8)18-11;1-6(11-9)7-5-10-12-3-2-4-13-8(7)12/h6,8,12-13,15H,4-5,7,9-11H2,1-3H3,(H,27,30);4,6,9H,3,5,7H2,1-2H3,(H,19,20);5-6,11H,2-4H2,1H3/t13-,15-;9-;6-/m111/s1. The van der Waals surface area contributed by atoms with Crippen LogP contribution in [0.3, 0.4) is 0 Å². The van der Waals surface area contributed by atoms with Gasteiger partial charge in [0.25, 0.3) is 0 Å². The molecule has 0 unspecified atom stereocenters. The smallest absolute Gasteiger partial charge is 0.399 e. The first-order valence-electron chi connectivity index (χ1n) is 21.4. The number of hydrogen-bond donors (Lipinski definition) is 3. The third-order valence-electron chi connectivity index (χ3n) is 12.5. The van der Waals surface area contributed by atoms with Crippen molar-refractivity contribution in [2.45, 2.75) is 141 Å². The van der Waals surface area contributed by atoms with E-state index in [1.165, 1.54) is 12.1 Å². The summed E-state index contributed by atoms with van der Waals surface area (Å²) >= 11 is 5.54. The van der Waals surface area contributed by atoms with E-state index in [2.05, 4.69) is 30.3 Å². The van der Waals surface area contributed by atoms with E-state index in [9.17, 15) is 35.9 Å². The van der Waals surface area contributed by atoms with Crippen LogP contribution in [0.2, 0.25) is 0 Å². The van der Waals surface area contributed by atoms with E-state index in [1.807, 2.05) is 23.2 Å². The second-order valence-corrected chi connectivity index (χ2v) is 18.0. The molecule has 4 aliphatic rings. The zero-order valence-corrected chi connectivity index (χ0v) is 37.4. The van der Waals surface area contributed by atoms with Gasteiger partial charge >= 0.3 is 18.3 Å². The number of aliphatic carboxylic acids is 1. The van der Waals surface area contributed by atoms with Crippen LogP contribution in [0.1, 0.15) is 124 Å². The summed E-state index contributed by atoms with van der Waals surface area (Å²) in [5.41, 5.74) is 0.684. The lowest BCUT2D eigenvalue weighted by atomic mass is 9.83. The topological polar surface area (TPSA) is 158 Å². The number of aromatic nitrogens is 6. The molecule has 0 spiro atoms. The molecule has 0 aromatic carbocycles. The summed E-state index contributed by atoms with van der Waals surface area (Å²) in [6.07, 6.45) is -0.600. The van der Waals surface area contributed by atoms with Crippen molar-refractivity contribution in [3.05, 3.63) is 81.7 Å². The maximum Gasteiger partial charge on any atom is 0.399 e. The molecule has 3 N–H and O–H groups in total. The van der Waals surface area contributed by atoms with E-state index < -0.39 is 35.1 Å². The lowest BCUT2D eigenvalue weighted by Crippen LogP contribution is -2.38. The minimum absolute atomic E-state index is 0.0151. The summed E-state index contributed by atoms with van der Waals surface area (Å²) in [6.45, 7) is 11.5. The lowest BCUT2D eigenvalue weighted by Gasteiger charge is -2.30. The minimum Gasteiger partial charge on any atom is -0.481 e. The van der Waals surface area contributed by atoms with Crippen molar-refractivity contribution in [3.8, 4) is 11.8 Å². The molecule has 4 aromatic rings. The molecule has 0 radical (unpaired) electrons. The number of rotatable bonds is 8. The molecule has 0 bridgehead atoms. The third kappa shape index (κ3) is 10.5. The van der Waals surface area contributed by atoms with Crippen molar-refractivity contribution >= 4 is 23.7 Å². The average Bonchev–Trinajstić information content (AvgIpc) is 3.90. The number of carbonyl (C=O) groups excluding carboxylic acids is 1. The van der Waals surface area contributed by atoms with E-state index in [1.54, 1.807) is 24.5 Å². The predicted molar refractivity (Wildman–Crippen MR) is 224 cm³/mol. The van der Waals surface area contributed by atoms with Crippen LogP contribution in [-0.2, 0) is 59.2 Å². The van der Waals surface area contributed by atoms with E-state index in [4.69, 9.17) is 26.4 Å². The van der Waals surface area contributed by atoms with Crippen LogP contribution in [0.5, 0.6) is 11.8 Å². The van der Waals surface area contributed by atoms with Crippen molar-refractivity contribution in [3.63, 3.8) is 0 Å². The van der Waals surface area contributed by atoms with Crippen LogP contribution in [0.25, 0.3) is 0 Å². The van der Waals surface area contributed by atoms with Gasteiger partial charge in [-0.25, -0.2) is 14.2 Å². The summed E-state index contributed by atoms with van der Waals surface area (Å²) < 4.78 is 94.0. The molecule has 13 nitrogen and oxygen atoms in total. The van der Waals surface area contributed by atoms with Crippen LogP contribution >= 0.6 is 11.8 Å². The second kappa shape index (κ2) is 19.3. The summed E-state index contributed by atoms with van der Waals surface area (Å²) in [4.78, 5) is 34.9. The Hall–Kier alpha value is -4.91. The van der Waals surface area contributed by atoms with E-state index >= 15 is 0 Å². The highest BCUT2D eigenvalue weighted by Gasteiger charge is 2.51. The fourth-order valence-electron chi connectivity index (χ4n) is 7.88. The number of hydrogen-bond acceptors (Lipinski definition) is 9. The molecule has 0 fully saturated rings.